The van der Waals surface area contributed by atoms with Crippen LogP contribution in [0.3, 0.4) is 0 Å². The van der Waals surface area contributed by atoms with E-state index in [9.17, 15) is 18.0 Å². The molecule has 0 heterocycles. The van der Waals surface area contributed by atoms with Gasteiger partial charge in [0.2, 0.25) is 0 Å². The molecule has 0 aliphatic rings. The van der Waals surface area contributed by atoms with Crippen LogP contribution in [0.25, 0.3) is 0 Å². The fourth-order valence-corrected chi connectivity index (χ4v) is 0.216. The summed E-state index contributed by atoms with van der Waals surface area (Å²) in [6, 6.07) is 0. The molecule has 2 nitrogen and oxygen atoms in total. The van der Waals surface area contributed by atoms with Crippen LogP contribution >= 0.6 is 0 Å². The van der Waals surface area contributed by atoms with E-state index in [0.29, 0.717) is 0 Å². The lowest BCUT2D eigenvalue weighted by Crippen LogP contribution is -2.31. The van der Waals surface area contributed by atoms with Crippen LogP contribution in [-0.4, -0.2) is 30.4 Å². The molecule has 0 spiro atoms. The average Bonchev–Trinajstić information content (AvgIpc) is 1.62. The second-order valence-corrected chi connectivity index (χ2v) is 1.50. The first-order valence-electron chi connectivity index (χ1n) is 2.01. The lowest BCUT2D eigenvalue weighted by atomic mass is 10.6. The van der Waals surface area contributed by atoms with Crippen LogP contribution in [0.4, 0.5) is 13.2 Å². The van der Waals surface area contributed by atoms with E-state index >= 15 is 0 Å². The van der Waals surface area contributed by atoms with Crippen LogP contribution in [0.15, 0.2) is 0 Å². The molecule has 0 saturated carbocycles. The molecule has 0 aromatic carbocycles. The molecule has 0 N–H and O–H groups in total. The van der Waals surface area contributed by atoms with Gasteiger partial charge in [0.05, 0.1) is 0 Å². The van der Waals surface area contributed by atoms with E-state index < -0.39 is 12.1 Å². The molecule has 0 aliphatic carbocycles. The van der Waals surface area contributed by atoms with Gasteiger partial charge >= 0.3 is 12.1 Å². The van der Waals surface area contributed by atoms with Crippen molar-refractivity contribution in [2.45, 2.75) is 6.18 Å². The summed E-state index contributed by atoms with van der Waals surface area (Å²) < 4.78 is 34.0. The Kier molecular flexibility index (Phi) is 1.95. The smallest absolute Gasteiger partial charge is 0.209 e. The average molecular weight is 140 g/mol. The Morgan fingerprint density at radius 2 is 1.89 bits per heavy atom. The van der Waals surface area contributed by atoms with E-state index in [-0.39, 0.29) is 4.58 Å². The van der Waals surface area contributed by atoms with Crippen LogP contribution in [0.5, 0.6) is 0 Å². The van der Waals surface area contributed by atoms with Crippen molar-refractivity contribution in [1.82, 2.24) is 0 Å². The number of rotatable bonds is 0. The third-order valence-corrected chi connectivity index (χ3v) is 0.589. The summed E-state index contributed by atoms with van der Waals surface area (Å²) in [7, 11) is 0.940. The third-order valence-electron chi connectivity index (χ3n) is 0.589. The van der Waals surface area contributed by atoms with Gasteiger partial charge in [-0.05, 0) is 0 Å². The van der Waals surface area contributed by atoms with Gasteiger partial charge in [0.15, 0.2) is 0 Å². The number of hydrogen-bond donors (Lipinski definition) is 0. The maximum absolute atomic E-state index is 11.3. The highest BCUT2D eigenvalue weighted by atomic mass is 19.4. The van der Waals surface area contributed by atoms with Gasteiger partial charge in [0.1, 0.15) is 13.8 Å². The minimum atomic E-state index is -4.80. The first kappa shape index (κ1) is 8.13. The second kappa shape index (κ2) is 2.16. The Morgan fingerprint density at radius 1 is 1.56 bits per heavy atom. The minimum absolute atomic E-state index is 0.236. The number of amides is 1. The van der Waals surface area contributed by atoms with Gasteiger partial charge in [-0.2, -0.15) is 17.7 Å². The molecule has 52 valence electrons. The fraction of sp³-hybridized carbons (Fsp3) is 0.500. The molecule has 0 saturated heterocycles. The monoisotopic (exact) mass is 140 g/mol. The largest absolute Gasteiger partial charge is 0.521 e. The van der Waals surface area contributed by atoms with Gasteiger partial charge in [-0.3, -0.25) is 0 Å². The van der Waals surface area contributed by atoms with Gasteiger partial charge in [-0.1, -0.05) is 0 Å². The fourth-order valence-electron chi connectivity index (χ4n) is 0.216. The summed E-state index contributed by atoms with van der Waals surface area (Å²) in [5.74, 6) is -1.94. The number of alkyl halides is 3. The summed E-state index contributed by atoms with van der Waals surface area (Å²) in [6.45, 7) is 2.77. The molecule has 0 aromatic heterocycles. The lowest BCUT2D eigenvalue weighted by Gasteiger charge is -1.96. The Hall–Kier alpha value is -0.870. The predicted molar refractivity (Wildman–Crippen MR) is 24.4 cm³/mol. The van der Waals surface area contributed by atoms with Gasteiger partial charge in [0, 0.05) is 0 Å². The molecule has 0 aromatic rings. The Morgan fingerprint density at radius 3 is 1.89 bits per heavy atom. The molecular formula is C4H5F3NO+. The van der Waals surface area contributed by atoms with Gasteiger partial charge < -0.3 is 0 Å². The number of halogens is 3. The number of carbonyl (C=O) groups excluding carboxylic acids is 1. The second-order valence-electron chi connectivity index (χ2n) is 1.50. The summed E-state index contributed by atoms with van der Waals surface area (Å²) in [5, 5.41) is 0. The van der Waals surface area contributed by atoms with Crippen LogP contribution in [0.2, 0.25) is 0 Å². The first-order valence-corrected chi connectivity index (χ1v) is 2.01. The van der Waals surface area contributed by atoms with Crippen LogP contribution in [0, 0.1) is 0 Å². The topological polar surface area (TPSA) is 20.1 Å². The molecule has 0 fully saturated rings. The minimum Gasteiger partial charge on any atom is -0.209 e. The Balaban J connectivity index is 4.23. The van der Waals surface area contributed by atoms with Crippen molar-refractivity contribution in [2.24, 2.45) is 0 Å². The van der Waals surface area contributed by atoms with E-state index in [4.69, 9.17) is 0 Å². The zero-order valence-corrected chi connectivity index (χ0v) is 4.70. The van der Waals surface area contributed by atoms with Crippen molar-refractivity contribution in [3.63, 3.8) is 0 Å². The van der Waals surface area contributed by atoms with Crippen LogP contribution in [0.1, 0.15) is 0 Å². The Bertz CT molecular complexity index is 148. The molecule has 0 rings (SSSR count). The molecule has 0 bridgehead atoms. The zero-order chi connectivity index (χ0) is 7.65. The van der Waals surface area contributed by atoms with E-state index in [1.165, 1.54) is 0 Å². The zero-order valence-electron chi connectivity index (χ0n) is 4.70. The summed E-state index contributed by atoms with van der Waals surface area (Å²) >= 11 is 0. The van der Waals surface area contributed by atoms with Crippen LogP contribution < -0.4 is 0 Å². The lowest BCUT2D eigenvalue weighted by molar-refractivity contribution is -0.433. The molecule has 0 atom stereocenters. The van der Waals surface area contributed by atoms with E-state index in [1.54, 1.807) is 0 Å². The van der Waals surface area contributed by atoms with E-state index in [2.05, 4.69) is 6.72 Å². The quantitative estimate of drug-likeness (QED) is 0.352. The molecule has 0 aliphatic heterocycles. The van der Waals surface area contributed by atoms with Crippen molar-refractivity contribution in [3.05, 3.63) is 0 Å². The molecule has 0 unspecified atom stereocenters. The van der Waals surface area contributed by atoms with Crippen molar-refractivity contribution >= 4 is 12.6 Å². The Labute approximate surface area is 49.6 Å². The van der Waals surface area contributed by atoms with E-state index in [1.807, 2.05) is 0 Å². The highest BCUT2D eigenvalue weighted by molar-refractivity contribution is 5.74. The SMILES string of the molecule is C=[N+](C)C(=O)C(F)(F)F. The van der Waals surface area contributed by atoms with Gasteiger partial charge in [-0.15, -0.1) is 0 Å². The predicted octanol–water partition coefficient (Wildman–Crippen LogP) is 0.418. The number of hydrogen-bond acceptors (Lipinski definition) is 1. The summed E-state index contributed by atoms with van der Waals surface area (Å²) in [6.07, 6.45) is -4.80. The van der Waals surface area contributed by atoms with Crippen molar-refractivity contribution in [2.75, 3.05) is 7.05 Å². The van der Waals surface area contributed by atoms with Crippen molar-refractivity contribution < 1.29 is 22.5 Å². The molecule has 1 amide bonds. The maximum atomic E-state index is 11.3. The van der Waals surface area contributed by atoms with E-state index in [0.717, 1.165) is 7.05 Å². The highest BCUT2D eigenvalue weighted by Crippen LogP contribution is 2.14. The van der Waals surface area contributed by atoms with Gasteiger partial charge in [-0.25, -0.2) is 4.79 Å². The maximum Gasteiger partial charge on any atom is 0.521 e. The standard InChI is InChI=1S/C4H5F3NO/c1-8(2)3(9)4(5,6)7/h1H2,2H3/q+1. The summed E-state index contributed by atoms with van der Waals surface area (Å²) in [4.78, 5) is 9.90. The van der Waals surface area contributed by atoms with Crippen molar-refractivity contribution in [1.29, 1.82) is 0 Å². The van der Waals surface area contributed by atoms with Gasteiger partial charge in [0.25, 0.3) is 0 Å². The number of carbonyl (C=O) groups is 1. The molecule has 9 heavy (non-hydrogen) atoms. The molecule has 5 heteroatoms. The normalized spacial score (nSPS) is 11.1. The van der Waals surface area contributed by atoms with Crippen molar-refractivity contribution in [3.8, 4) is 0 Å². The number of nitrogens with zero attached hydrogens (tertiary/aromatic N) is 1. The summed E-state index contributed by atoms with van der Waals surface area (Å²) in [5.41, 5.74) is 0. The molecule has 0 radical (unpaired) electrons. The first-order chi connectivity index (χ1) is 3.85. The third kappa shape index (κ3) is 2.25. The molecular weight excluding hydrogens is 135 g/mol. The van der Waals surface area contributed by atoms with Crippen LogP contribution in [-0.2, 0) is 4.79 Å². The highest BCUT2D eigenvalue weighted by Gasteiger charge is 2.46.